The maximum absolute atomic E-state index is 11.4. The van der Waals surface area contributed by atoms with E-state index in [1.54, 1.807) is 6.92 Å². The Balaban J connectivity index is 2.86. The minimum Gasteiger partial charge on any atom is -0.307 e. The second-order valence-electron chi connectivity index (χ2n) is 3.33. The van der Waals surface area contributed by atoms with Crippen LogP contribution < -0.4 is 16.4 Å². The first kappa shape index (κ1) is 11.7. The van der Waals surface area contributed by atoms with Crippen LogP contribution in [0.25, 0.3) is 0 Å². The standard InChI is InChI=1S/C11H17N3O/c1-4-12-14-13-10-7-5-6-8(2)11(10)9(3)15/h5-7,12-14H,4H2,1-3H3. The number of benzene rings is 1. The van der Waals surface area contributed by atoms with Crippen molar-refractivity contribution in [2.75, 3.05) is 12.0 Å². The van der Waals surface area contributed by atoms with E-state index in [-0.39, 0.29) is 5.78 Å². The van der Waals surface area contributed by atoms with Crippen LogP contribution in [0.2, 0.25) is 0 Å². The third kappa shape index (κ3) is 3.04. The molecular formula is C11H17N3O. The highest BCUT2D eigenvalue weighted by atomic mass is 16.1. The molecule has 15 heavy (non-hydrogen) atoms. The quantitative estimate of drug-likeness (QED) is 0.390. The van der Waals surface area contributed by atoms with Crippen LogP contribution in [-0.4, -0.2) is 12.3 Å². The zero-order chi connectivity index (χ0) is 11.3. The molecule has 0 heterocycles. The van der Waals surface area contributed by atoms with Gasteiger partial charge in [0.2, 0.25) is 0 Å². The summed E-state index contributed by atoms with van der Waals surface area (Å²) < 4.78 is 0. The number of Topliss-reactive ketones (excluding diaryl/α,β-unsaturated/α-hetero) is 1. The van der Waals surface area contributed by atoms with Crippen LogP contribution in [0.3, 0.4) is 0 Å². The zero-order valence-electron chi connectivity index (χ0n) is 9.35. The van der Waals surface area contributed by atoms with Crippen LogP contribution in [0.5, 0.6) is 0 Å². The van der Waals surface area contributed by atoms with Gasteiger partial charge in [0.25, 0.3) is 0 Å². The number of rotatable bonds is 5. The molecular weight excluding hydrogens is 190 g/mol. The predicted molar refractivity (Wildman–Crippen MR) is 61.6 cm³/mol. The van der Waals surface area contributed by atoms with Crippen molar-refractivity contribution in [3.63, 3.8) is 0 Å². The van der Waals surface area contributed by atoms with Gasteiger partial charge in [-0.15, -0.1) is 0 Å². The maximum atomic E-state index is 11.4. The molecule has 0 spiro atoms. The molecule has 0 saturated heterocycles. The van der Waals surface area contributed by atoms with E-state index in [1.165, 1.54) is 0 Å². The first-order chi connectivity index (χ1) is 7.16. The molecule has 0 radical (unpaired) electrons. The Hall–Kier alpha value is -1.39. The number of hydrogen-bond acceptors (Lipinski definition) is 4. The Kier molecular flexibility index (Phi) is 4.27. The molecule has 4 heteroatoms. The molecule has 0 fully saturated rings. The molecule has 4 nitrogen and oxygen atoms in total. The topological polar surface area (TPSA) is 53.2 Å². The minimum atomic E-state index is 0.0638. The first-order valence-corrected chi connectivity index (χ1v) is 5.01. The van der Waals surface area contributed by atoms with Crippen molar-refractivity contribution in [2.45, 2.75) is 20.8 Å². The lowest BCUT2D eigenvalue weighted by Crippen LogP contribution is -2.36. The maximum Gasteiger partial charge on any atom is 0.162 e. The van der Waals surface area contributed by atoms with Crippen molar-refractivity contribution in [3.05, 3.63) is 29.3 Å². The minimum absolute atomic E-state index is 0.0638. The largest absolute Gasteiger partial charge is 0.307 e. The second-order valence-corrected chi connectivity index (χ2v) is 3.33. The fourth-order valence-corrected chi connectivity index (χ4v) is 1.44. The number of carbonyl (C=O) groups excluding carboxylic acids is 1. The highest BCUT2D eigenvalue weighted by Crippen LogP contribution is 2.18. The molecule has 0 amide bonds. The molecule has 0 bridgehead atoms. The van der Waals surface area contributed by atoms with Crippen molar-refractivity contribution >= 4 is 11.5 Å². The summed E-state index contributed by atoms with van der Waals surface area (Å²) in [5.41, 5.74) is 11.2. The van der Waals surface area contributed by atoms with E-state index < -0.39 is 0 Å². The molecule has 1 aromatic carbocycles. The summed E-state index contributed by atoms with van der Waals surface area (Å²) in [6, 6.07) is 5.71. The van der Waals surface area contributed by atoms with Gasteiger partial charge in [-0.3, -0.25) is 4.79 Å². The van der Waals surface area contributed by atoms with E-state index >= 15 is 0 Å². The van der Waals surface area contributed by atoms with Crippen LogP contribution in [0.1, 0.15) is 29.8 Å². The number of hydrazine groups is 2. The Morgan fingerprint density at radius 1 is 1.40 bits per heavy atom. The molecule has 0 saturated carbocycles. The van der Waals surface area contributed by atoms with Crippen molar-refractivity contribution in [2.24, 2.45) is 0 Å². The second kappa shape index (κ2) is 5.48. The van der Waals surface area contributed by atoms with Gasteiger partial charge in [0, 0.05) is 12.1 Å². The van der Waals surface area contributed by atoms with Crippen molar-refractivity contribution in [1.82, 2.24) is 11.0 Å². The van der Waals surface area contributed by atoms with E-state index in [1.807, 2.05) is 32.0 Å². The summed E-state index contributed by atoms with van der Waals surface area (Å²) >= 11 is 0. The van der Waals surface area contributed by atoms with Gasteiger partial charge in [0.05, 0.1) is 5.69 Å². The summed E-state index contributed by atoms with van der Waals surface area (Å²) in [6.45, 7) is 6.28. The third-order valence-corrected chi connectivity index (χ3v) is 2.09. The first-order valence-electron chi connectivity index (χ1n) is 5.01. The molecule has 82 valence electrons. The fraction of sp³-hybridized carbons (Fsp3) is 0.364. The number of anilines is 1. The molecule has 0 aromatic heterocycles. The highest BCUT2D eigenvalue weighted by Gasteiger charge is 2.08. The average molecular weight is 207 g/mol. The van der Waals surface area contributed by atoms with Crippen LogP contribution in [-0.2, 0) is 0 Å². The van der Waals surface area contributed by atoms with Gasteiger partial charge >= 0.3 is 0 Å². The number of nitrogens with one attached hydrogen (secondary N) is 3. The van der Waals surface area contributed by atoms with E-state index in [0.29, 0.717) is 0 Å². The van der Waals surface area contributed by atoms with Gasteiger partial charge in [-0.25, -0.2) is 5.43 Å². The molecule has 0 aliphatic heterocycles. The average Bonchev–Trinajstić information content (AvgIpc) is 2.17. The van der Waals surface area contributed by atoms with Crippen molar-refractivity contribution < 1.29 is 4.79 Å². The Bertz CT molecular complexity index is 350. The lowest BCUT2D eigenvalue weighted by atomic mass is 10.0. The van der Waals surface area contributed by atoms with Crippen molar-refractivity contribution in [1.29, 1.82) is 0 Å². The van der Waals surface area contributed by atoms with Crippen molar-refractivity contribution in [3.8, 4) is 0 Å². The molecule has 0 aliphatic rings. The monoisotopic (exact) mass is 207 g/mol. The molecule has 3 N–H and O–H groups in total. The number of carbonyl (C=O) groups is 1. The van der Waals surface area contributed by atoms with E-state index in [9.17, 15) is 4.79 Å². The van der Waals surface area contributed by atoms with Crippen LogP contribution in [0, 0.1) is 6.92 Å². The van der Waals surface area contributed by atoms with E-state index in [0.717, 1.165) is 23.4 Å². The van der Waals surface area contributed by atoms with Crippen LogP contribution in [0.15, 0.2) is 18.2 Å². The number of aryl methyl sites for hydroxylation is 1. The normalized spacial score (nSPS) is 10.1. The van der Waals surface area contributed by atoms with Gasteiger partial charge in [0.1, 0.15) is 0 Å². The van der Waals surface area contributed by atoms with E-state index in [4.69, 9.17) is 0 Å². The fourth-order valence-electron chi connectivity index (χ4n) is 1.44. The predicted octanol–water partition coefficient (Wildman–Crippen LogP) is 1.64. The summed E-state index contributed by atoms with van der Waals surface area (Å²) in [4.78, 5) is 11.4. The highest BCUT2D eigenvalue weighted by molar-refractivity contribution is 6.00. The van der Waals surface area contributed by atoms with Gasteiger partial charge < -0.3 is 5.43 Å². The van der Waals surface area contributed by atoms with Gasteiger partial charge in [-0.05, 0) is 25.5 Å². The van der Waals surface area contributed by atoms with Crippen LogP contribution in [0.4, 0.5) is 5.69 Å². The number of ketones is 1. The summed E-state index contributed by atoms with van der Waals surface area (Å²) in [7, 11) is 0. The Labute approximate surface area is 90.0 Å². The van der Waals surface area contributed by atoms with Gasteiger partial charge in [-0.1, -0.05) is 19.1 Å². The molecule has 0 aliphatic carbocycles. The third-order valence-electron chi connectivity index (χ3n) is 2.09. The number of hydrogen-bond donors (Lipinski definition) is 3. The lowest BCUT2D eigenvalue weighted by Gasteiger charge is -2.13. The summed E-state index contributed by atoms with van der Waals surface area (Å²) in [6.07, 6.45) is 0. The Morgan fingerprint density at radius 2 is 2.13 bits per heavy atom. The summed E-state index contributed by atoms with van der Waals surface area (Å²) in [5, 5.41) is 0. The zero-order valence-corrected chi connectivity index (χ0v) is 9.35. The molecule has 1 aromatic rings. The molecule has 1 rings (SSSR count). The van der Waals surface area contributed by atoms with E-state index in [2.05, 4.69) is 16.4 Å². The molecule has 0 atom stereocenters. The summed E-state index contributed by atoms with van der Waals surface area (Å²) in [5.74, 6) is 0.0638. The van der Waals surface area contributed by atoms with Crippen LogP contribution >= 0.6 is 0 Å². The smallest absolute Gasteiger partial charge is 0.162 e. The Morgan fingerprint density at radius 3 is 2.73 bits per heavy atom. The van der Waals surface area contributed by atoms with Gasteiger partial charge in [-0.2, -0.15) is 5.53 Å². The van der Waals surface area contributed by atoms with Gasteiger partial charge in [0.15, 0.2) is 5.78 Å². The SMILES string of the molecule is CCNNNc1cccc(C)c1C(C)=O. The lowest BCUT2D eigenvalue weighted by molar-refractivity contribution is 0.101. The molecule has 0 unspecified atom stereocenters.